The van der Waals surface area contributed by atoms with E-state index in [-0.39, 0.29) is 0 Å². The predicted octanol–water partition coefficient (Wildman–Crippen LogP) is 4.11. The lowest BCUT2D eigenvalue weighted by Crippen LogP contribution is -2.40. The van der Waals surface area contributed by atoms with E-state index in [1.54, 1.807) is 0 Å². The van der Waals surface area contributed by atoms with E-state index in [4.69, 9.17) is 11.6 Å². The molecule has 0 amide bonds. The van der Waals surface area contributed by atoms with Gasteiger partial charge in [0, 0.05) is 17.1 Å². The van der Waals surface area contributed by atoms with Crippen LogP contribution in [0.15, 0.2) is 24.3 Å². The normalized spacial score (nSPS) is 24.9. The Morgan fingerprint density at radius 3 is 2.70 bits per heavy atom. The Balaban J connectivity index is 2.39. The topological polar surface area (TPSA) is 15.3 Å². The van der Waals surface area contributed by atoms with Crippen LogP contribution >= 0.6 is 11.6 Å². The summed E-state index contributed by atoms with van der Waals surface area (Å²) in [7, 11) is 2.05. The molecule has 0 saturated carbocycles. The Bertz CT molecular complexity index is 419. The fraction of sp³-hybridized carbons (Fsp3) is 0.647. The van der Waals surface area contributed by atoms with Crippen LogP contribution in [0.2, 0.25) is 5.02 Å². The Hall–Kier alpha value is -0.570. The van der Waals surface area contributed by atoms with Crippen LogP contribution in [0.25, 0.3) is 0 Å². The average molecular weight is 295 g/mol. The molecular weight excluding hydrogens is 268 g/mol. The highest BCUT2D eigenvalue weighted by molar-refractivity contribution is 6.31. The third-order valence-electron chi connectivity index (χ3n) is 4.40. The molecule has 0 aromatic heterocycles. The Morgan fingerprint density at radius 1 is 1.30 bits per heavy atom. The highest BCUT2D eigenvalue weighted by atomic mass is 35.5. The molecular formula is C17H27ClN2. The summed E-state index contributed by atoms with van der Waals surface area (Å²) in [6.07, 6.45) is 3.88. The number of nitrogens with zero attached hydrogens (tertiary/aromatic N) is 1. The number of halogens is 1. The standard InChI is InChI=1S/C17H27ClN2/c1-13(2)20-11-7-6-8-14(12-19-3)17(20)15-9-4-5-10-16(15)18/h4-5,9-10,13-14,17,19H,6-8,11-12H2,1-3H3. The molecule has 3 heteroatoms. The molecule has 2 unspecified atom stereocenters. The van der Waals surface area contributed by atoms with Gasteiger partial charge in [0.2, 0.25) is 0 Å². The van der Waals surface area contributed by atoms with E-state index in [1.165, 1.54) is 31.4 Å². The smallest absolute Gasteiger partial charge is 0.0453 e. The first-order valence-corrected chi connectivity index (χ1v) is 8.17. The van der Waals surface area contributed by atoms with E-state index in [9.17, 15) is 0 Å². The lowest BCUT2D eigenvalue weighted by atomic mass is 9.88. The fourth-order valence-electron chi connectivity index (χ4n) is 3.47. The molecule has 20 heavy (non-hydrogen) atoms. The van der Waals surface area contributed by atoms with Crippen LogP contribution in [-0.4, -0.2) is 31.1 Å². The maximum absolute atomic E-state index is 6.50. The quantitative estimate of drug-likeness (QED) is 0.899. The van der Waals surface area contributed by atoms with Gasteiger partial charge in [0.05, 0.1) is 0 Å². The second kappa shape index (κ2) is 7.44. The van der Waals surface area contributed by atoms with E-state index >= 15 is 0 Å². The minimum Gasteiger partial charge on any atom is -0.319 e. The van der Waals surface area contributed by atoms with Gasteiger partial charge in [-0.15, -0.1) is 0 Å². The van der Waals surface area contributed by atoms with Gasteiger partial charge in [0.1, 0.15) is 0 Å². The monoisotopic (exact) mass is 294 g/mol. The van der Waals surface area contributed by atoms with Crippen molar-refractivity contribution < 1.29 is 0 Å². The third kappa shape index (κ3) is 3.55. The molecule has 2 atom stereocenters. The first-order chi connectivity index (χ1) is 9.65. The SMILES string of the molecule is CNCC1CCCCN(C(C)C)C1c1ccccc1Cl. The van der Waals surface area contributed by atoms with Crippen molar-refractivity contribution in [1.29, 1.82) is 0 Å². The van der Waals surface area contributed by atoms with Crippen molar-refractivity contribution in [1.82, 2.24) is 10.2 Å². The molecule has 0 spiro atoms. The van der Waals surface area contributed by atoms with Gasteiger partial charge in [-0.2, -0.15) is 0 Å². The second-order valence-corrected chi connectivity index (χ2v) is 6.52. The highest BCUT2D eigenvalue weighted by Gasteiger charge is 2.33. The first kappa shape index (κ1) is 15.8. The molecule has 1 fully saturated rings. The summed E-state index contributed by atoms with van der Waals surface area (Å²) in [6.45, 7) is 6.82. The van der Waals surface area contributed by atoms with Gasteiger partial charge < -0.3 is 5.32 Å². The van der Waals surface area contributed by atoms with Crippen LogP contribution < -0.4 is 5.32 Å². The zero-order valence-electron chi connectivity index (χ0n) is 12.9. The van der Waals surface area contributed by atoms with Crippen LogP contribution in [0.4, 0.5) is 0 Å². The van der Waals surface area contributed by atoms with E-state index < -0.39 is 0 Å². The summed E-state index contributed by atoms with van der Waals surface area (Å²) in [5, 5.41) is 4.28. The molecule has 1 aromatic rings. The average Bonchev–Trinajstić information content (AvgIpc) is 2.62. The molecule has 1 aliphatic heterocycles. The molecule has 1 saturated heterocycles. The van der Waals surface area contributed by atoms with Gasteiger partial charge in [-0.1, -0.05) is 36.2 Å². The minimum absolute atomic E-state index is 0.429. The lowest BCUT2D eigenvalue weighted by Gasteiger charge is -2.38. The molecule has 0 aliphatic carbocycles. The summed E-state index contributed by atoms with van der Waals surface area (Å²) >= 11 is 6.50. The number of nitrogens with one attached hydrogen (secondary N) is 1. The third-order valence-corrected chi connectivity index (χ3v) is 4.74. The lowest BCUT2D eigenvalue weighted by molar-refractivity contribution is 0.119. The number of benzene rings is 1. The molecule has 0 bridgehead atoms. The maximum Gasteiger partial charge on any atom is 0.0453 e. The summed E-state index contributed by atoms with van der Waals surface area (Å²) in [5.41, 5.74) is 1.30. The van der Waals surface area contributed by atoms with Gasteiger partial charge >= 0.3 is 0 Å². The Kier molecular flexibility index (Phi) is 5.88. The summed E-state index contributed by atoms with van der Waals surface area (Å²) in [6, 6.07) is 9.34. The largest absolute Gasteiger partial charge is 0.319 e. The molecule has 112 valence electrons. The van der Waals surface area contributed by atoms with Crippen LogP contribution in [0, 0.1) is 5.92 Å². The molecule has 1 aromatic carbocycles. The molecule has 2 rings (SSSR count). The van der Waals surface area contributed by atoms with Crippen LogP contribution in [0.1, 0.15) is 44.7 Å². The van der Waals surface area contributed by atoms with Gasteiger partial charge in [-0.3, -0.25) is 4.90 Å². The van der Waals surface area contributed by atoms with Crippen molar-refractivity contribution in [3.05, 3.63) is 34.9 Å². The van der Waals surface area contributed by atoms with E-state index in [2.05, 4.69) is 36.2 Å². The van der Waals surface area contributed by atoms with Crippen molar-refractivity contribution in [2.75, 3.05) is 20.1 Å². The molecule has 1 heterocycles. The number of likely N-dealkylation sites (tertiary alicyclic amines) is 1. The van der Waals surface area contributed by atoms with E-state index in [0.29, 0.717) is 18.0 Å². The van der Waals surface area contributed by atoms with Crippen molar-refractivity contribution in [3.8, 4) is 0 Å². The van der Waals surface area contributed by atoms with Crippen LogP contribution in [0.5, 0.6) is 0 Å². The zero-order valence-corrected chi connectivity index (χ0v) is 13.7. The van der Waals surface area contributed by atoms with Crippen molar-refractivity contribution in [2.24, 2.45) is 5.92 Å². The van der Waals surface area contributed by atoms with Gasteiger partial charge in [0.25, 0.3) is 0 Å². The highest BCUT2D eigenvalue weighted by Crippen LogP contribution is 2.38. The van der Waals surface area contributed by atoms with Crippen LogP contribution in [0.3, 0.4) is 0 Å². The van der Waals surface area contributed by atoms with Gasteiger partial charge in [-0.05, 0) is 64.4 Å². The number of hydrogen-bond acceptors (Lipinski definition) is 2. The Labute approximate surface area is 128 Å². The summed E-state index contributed by atoms with van der Waals surface area (Å²) in [4.78, 5) is 2.64. The van der Waals surface area contributed by atoms with E-state index in [0.717, 1.165) is 11.6 Å². The van der Waals surface area contributed by atoms with E-state index in [1.807, 2.05) is 19.2 Å². The summed E-state index contributed by atoms with van der Waals surface area (Å²) in [5.74, 6) is 0.629. The van der Waals surface area contributed by atoms with Gasteiger partial charge in [-0.25, -0.2) is 0 Å². The maximum atomic E-state index is 6.50. The molecule has 1 aliphatic rings. The van der Waals surface area contributed by atoms with Gasteiger partial charge in [0.15, 0.2) is 0 Å². The van der Waals surface area contributed by atoms with Crippen LogP contribution in [-0.2, 0) is 0 Å². The van der Waals surface area contributed by atoms with Crippen molar-refractivity contribution in [2.45, 2.75) is 45.2 Å². The molecule has 1 N–H and O–H groups in total. The number of rotatable bonds is 4. The molecule has 2 nitrogen and oxygen atoms in total. The summed E-state index contributed by atoms with van der Waals surface area (Å²) < 4.78 is 0. The van der Waals surface area contributed by atoms with Crippen molar-refractivity contribution >= 4 is 11.6 Å². The first-order valence-electron chi connectivity index (χ1n) is 7.80. The fourth-order valence-corrected chi connectivity index (χ4v) is 3.72. The minimum atomic E-state index is 0.429. The zero-order chi connectivity index (χ0) is 14.5. The van der Waals surface area contributed by atoms with Crippen molar-refractivity contribution in [3.63, 3.8) is 0 Å². The predicted molar refractivity (Wildman–Crippen MR) is 87.3 cm³/mol. The number of hydrogen-bond donors (Lipinski definition) is 1. The molecule has 0 radical (unpaired) electrons. The second-order valence-electron chi connectivity index (χ2n) is 6.11. The Morgan fingerprint density at radius 2 is 2.05 bits per heavy atom.